The molecular weight excluding hydrogens is 425 g/mol. The van der Waals surface area contributed by atoms with Crippen LogP contribution in [0.1, 0.15) is 27.5 Å². The fraction of sp³-hybridized carbons (Fsp3) is 0.417. The first-order chi connectivity index (χ1) is 15.6. The topological polar surface area (TPSA) is 57.3 Å². The Morgan fingerprint density at radius 3 is 2.84 bits per heavy atom. The minimum absolute atomic E-state index is 0.196. The second-order valence-electron chi connectivity index (χ2n) is 8.76. The Balaban J connectivity index is 1.42. The SMILES string of the molecule is Cc1sc2nc(CN3CCOCC3)nc(N3CCc4[nH]c5ccc(F)cc5c4C3)c2c1C. The van der Waals surface area contributed by atoms with Crippen LogP contribution >= 0.6 is 11.3 Å². The molecule has 2 aliphatic rings. The number of aryl methyl sites for hydroxylation is 2. The summed E-state index contributed by atoms with van der Waals surface area (Å²) in [5.41, 5.74) is 4.64. The highest BCUT2D eigenvalue weighted by Crippen LogP contribution is 2.38. The van der Waals surface area contributed by atoms with E-state index in [9.17, 15) is 4.39 Å². The third-order valence-electron chi connectivity index (χ3n) is 6.76. The quantitative estimate of drug-likeness (QED) is 0.503. The van der Waals surface area contributed by atoms with Crippen molar-refractivity contribution in [3.05, 3.63) is 51.5 Å². The molecule has 0 spiro atoms. The number of benzene rings is 1. The Labute approximate surface area is 190 Å². The van der Waals surface area contributed by atoms with Crippen molar-refractivity contribution in [1.82, 2.24) is 19.9 Å². The first-order valence-electron chi connectivity index (χ1n) is 11.2. The van der Waals surface area contributed by atoms with Crippen LogP contribution in [0.25, 0.3) is 21.1 Å². The molecular formula is C24H26FN5OS. The summed E-state index contributed by atoms with van der Waals surface area (Å²) >= 11 is 1.75. The minimum Gasteiger partial charge on any atom is -0.379 e. The van der Waals surface area contributed by atoms with Crippen molar-refractivity contribution in [3.63, 3.8) is 0 Å². The number of rotatable bonds is 3. The van der Waals surface area contributed by atoms with E-state index >= 15 is 0 Å². The molecule has 2 aliphatic heterocycles. The van der Waals surface area contributed by atoms with E-state index in [1.54, 1.807) is 17.4 Å². The highest BCUT2D eigenvalue weighted by Gasteiger charge is 2.26. The lowest BCUT2D eigenvalue weighted by Gasteiger charge is -2.30. The number of fused-ring (bicyclic) bond motifs is 4. The van der Waals surface area contributed by atoms with Crippen LogP contribution < -0.4 is 4.90 Å². The maximum atomic E-state index is 14.0. The molecule has 0 radical (unpaired) electrons. The summed E-state index contributed by atoms with van der Waals surface area (Å²) in [7, 11) is 0. The van der Waals surface area contributed by atoms with Gasteiger partial charge in [-0.3, -0.25) is 4.90 Å². The van der Waals surface area contributed by atoms with Crippen molar-refractivity contribution < 1.29 is 9.13 Å². The van der Waals surface area contributed by atoms with Gasteiger partial charge in [-0.2, -0.15) is 0 Å². The van der Waals surface area contributed by atoms with Gasteiger partial charge in [-0.05, 0) is 37.6 Å². The van der Waals surface area contributed by atoms with Crippen LogP contribution in [0.5, 0.6) is 0 Å². The van der Waals surface area contributed by atoms with E-state index in [0.717, 1.165) is 85.1 Å². The molecule has 1 N–H and O–H groups in total. The third-order valence-corrected chi connectivity index (χ3v) is 7.86. The van der Waals surface area contributed by atoms with Crippen molar-refractivity contribution in [3.8, 4) is 0 Å². The summed E-state index contributed by atoms with van der Waals surface area (Å²) in [4.78, 5) is 20.6. The second kappa shape index (κ2) is 7.79. The van der Waals surface area contributed by atoms with Gasteiger partial charge in [0, 0.05) is 59.6 Å². The van der Waals surface area contributed by atoms with Crippen LogP contribution in [0.3, 0.4) is 0 Å². The maximum absolute atomic E-state index is 14.0. The summed E-state index contributed by atoms with van der Waals surface area (Å²) in [6.45, 7) is 10.00. The van der Waals surface area contributed by atoms with E-state index < -0.39 is 0 Å². The van der Waals surface area contributed by atoms with Gasteiger partial charge in [-0.1, -0.05) is 0 Å². The summed E-state index contributed by atoms with van der Waals surface area (Å²) in [6, 6.07) is 5.00. The standard InChI is InChI=1S/C24H26FN5OS/c1-14-15(2)32-24-22(14)23(27-21(28-24)13-29-7-9-31-10-8-29)30-6-5-20-18(12-30)17-11-16(25)3-4-19(17)26-20/h3-4,11,26H,5-10,12-13H2,1-2H3. The van der Waals surface area contributed by atoms with Gasteiger partial charge >= 0.3 is 0 Å². The highest BCUT2D eigenvalue weighted by atomic mass is 32.1. The maximum Gasteiger partial charge on any atom is 0.146 e. The number of thiophene rings is 1. The number of nitrogens with zero attached hydrogens (tertiary/aromatic N) is 4. The molecule has 1 saturated heterocycles. The Kier molecular flexibility index (Phi) is 4.89. The van der Waals surface area contributed by atoms with Crippen LogP contribution in [0, 0.1) is 19.7 Å². The lowest BCUT2D eigenvalue weighted by atomic mass is 10.0. The number of hydrogen-bond donors (Lipinski definition) is 1. The minimum atomic E-state index is -0.196. The van der Waals surface area contributed by atoms with Gasteiger partial charge in [-0.25, -0.2) is 14.4 Å². The van der Waals surface area contributed by atoms with E-state index in [1.807, 2.05) is 6.07 Å². The molecule has 3 aromatic heterocycles. The van der Waals surface area contributed by atoms with Crippen LogP contribution in [0.2, 0.25) is 0 Å². The normalized spacial score (nSPS) is 17.4. The fourth-order valence-electron chi connectivity index (χ4n) is 4.90. The number of nitrogens with one attached hydrogen (secondary N) is 1. The number of ether oxygens (including phenoxy) is 1. The average molecular weight is 452 g/mol. The van der Waals surface area contributed by atoms with Gasteiger partial charge in [0.15, 0.2) is 0 Å². The van der Waals surface area contributed by atoms with Crippen molar-refractivity contribution >= 4 is 38.3 Å². The molecule has 6 rings (SSSR count). The molecule has 0 saturated carbocycles. The van der Waals surface area contributed by atoms with E-state index in [-0.39, 0.29) is 5.82 Å². The zero-order valence-electron chi connectivity index (χ0n) is 18.4. The smallest absolute Gasteiger partial charge is 0.146 e. The molecule has 32 heavy (non-hydrogen) atoms. The van der Waals surface area contributed by atoms with Crippen LogP contribution in [-0.4, -0.2) is 52.7 Å². The molecule has 0 unspecified atom stereocenters. The number of hydrogen-bond acceptors (Lipinski definition) is 6. The molecule has 8 heteroatoms. The summed E-state index contributed by atoms with van der Waals surface area (Å²) < 4.78 is 19.5. The number of halogens is 1. The molecule has 6 nitrogen and oxygen atoms in total. The highest BCUT2D eigenvalue weighted by molar-refractivity contribution is 7.18. The van der Waals surface area contributed by atoms with Crippen molar-refractivity contribution in [1.29, 1.82) is 0 Å². The zero-order valence-corrected chi connectivity index (χ0v) is 19.2. The Morgan fingerprint density at radius 1 is 1.16 bits per heavy atom. The van der Waals surface area contributed by atoms with Crippen molar-refractivity contribution in [2.45, 2.75) is 33.4 Å². The number of aromatic nitrogens is 3. The van der Waals surface area contributed by atoms with Gasteiger partial charge in [0.05, 0.1) is 25.1 Å². The van der Waals surface area contributed by atoms with E-state index in [1.165, 1.54) is 27.8 Å². The Morgan fingerprint density at radius 2 is 2.00 bits per heavy atom. The molecule has 0 amide bonds. The molecule has 1 fully saturated rings. The summed E-state index contributed by atoms with van der Waals surface area (Å²) in [5.74, 6) is 1.68. The first-order valence-corrected chi connectivity index (χ1v) is 12.0. The molecule has 4 aromatic rings. The van der Waals surface area contributed by atoms with Gasteiger partial charge in [0.25, 0.3) is 0 Å². The van der Waals surface area contributed by atoms with E-state index in [0.29, 0.717) is 0 Å². The largest absolute Gasteiger partial charge is 0.379 e. The molecule has 0 bridgehead atoms. The third kappa shape index (κ3) is 3.37. The Bertz CT molecular complexity index is 1320. The second-order valence-corrected chi connectivity index (χ2v) is 9.96. The van der Waals surface area contributed by atoms with Crippen LogP contribution in [-0.2, 0) is 24.2 Å². The summed E-state index contributed by atoms with van der Waals surface area (Å²) in [5, 5.41) is 2.13. The fourth-order valence-corrected chi connectivity index (χ4v) is 5.94. The summed E-state index contributed by atoms with van der Waals surface area (Å²) in [6.07, 6.45) is 0.887. The van der Waals surface area contributed by atoms with Crippen molar-refractivity contribution in [2.24, 2.45) is 0 Å². The van der Waals surface area contributed by atoms with Crippen LogP contribution in [0.4, 0.5) is 10.2 Å². The van der Waals surface area contributed by atoms with Gasteiger partial charge in [0.2, 0.25) is 0 Å². The first kappa shape index (κ1) is 20.1. The number of aromatic amines is 1. The molecule has 5 heterocycles. The molecule has 1 aromatic carbocycles. The average Bonchev–Trinajstić information content (AvgIpc) is 3.30. The lowest BCUT2D eigenvalue weighted by Crippen LogP contribution is -2.36. The lowest BCUT2D eigenvalue weighted by molar-refractivity contribution is 0.0331. The van der Waals surface area contributed by atoms with E-state index in [2.05, 4.69) is 28.6 Å². The van der Waals surface area contributed by atoms with E-state index in [4.69, 9.17) is 14.7 Å². The Hall–Kier alpha value is -2.55. The number of anilines is 1. The van der Waals surface area contributed by atoms with Gasteiger partial charge < -0.3 is 14.6 Å². The molecule has 166 valence electrons. The number of H-pyrrole nitrogens is 1. The number of morpholine rings is 1. The van der Waals surface area contributed by atoms with Crippen molar-refractivity contribution in [2.75, 3.05) is 37.7 Å². The predicted octanol–water partition coefficient (Wildman–Crippen LogP) is 4.32. The zero-order chi connectivity index (χ0) is 21.8. The van der Waals surface area contributed by atoms with Gasteiger partial charge in [0.1, 0.15) is 22.3 Å². The molecule has 0 aliphatic carbocycles. The molecule has 0 atom stereocenters. The van der Waals surface area contributed by atoms with Crippen LogP contribution in [0.15, 0.2) is 18.2 Å². The monoisotopic (exact) mass is 451 g/mol. The predicted molar refractivity (Wildman–Crippen MR) is 126 cm³/mol. The van der Waals surface area contributed by atoms with Gasteiger partial charge in [-0.15, -0.1) is 11.3 Å².